The Morgan fingerprint density at radius 2 is 1.61 bits per heavy atom. The Balaban J connectivity index is 1.78. The van der Waals surface area contributed by atoms with Crippen LogP contribution in [0.2, 0.25) is 0 Å². The zero-order valence-electron chi connectivity index (χ0n) is 17.9. The summed E-state index contributed by atoms with van der Waals surface area (Å²) in [6, 6.07) is 9.85. The molecule has 2 aromatic rings. The highest BCUT2D eigenvalue weighted by molar-refractivity contribution is 7.89. The highest BCUT2D eigenvalue weighted by Crippen LogP contribution is 2.24. The summed E-state index contributed by atoms with van der Waals surface area (Å²) in [5.41, 5.74) is 2.82. The van der Waals surface area contributed by atoms with Crippen molar-refractivity contribution >= 4 is 33.4 Å². The third kappa shape index (κ3) is 4.67. The van der Waals surface area contributed by atoms with Crippen LogP contribution >= 0.6 is 0 Å². The van der Waals surface area contributed by atoms with Crippen molar-refractivity contribution in [1.29, 1.82) is 0 Å². The lowest BCUT2D eigenvalue weighted by Crippen LogP contribution is -2.28. The summed E-state index contributed by atoms with van der Waals surface area (Å²) in [4.78, 5) is 37.6. The number of imide groups is 1. The maximum Gasteiger partial charge on any atom is 0.255 e. The monoisotopic (exact) mass is 443 g/mol. The van der Waals surface area contributed by atoms with Gasteiger partial charge in [-0.2, -0.15) is 0 Å². The van der Waals surface area contributed by atoms with Gasteiger partial charge in [0.15, 0.2) is 0 Å². The van der Waals surface area contributed by atoms with E-state index in [0.29, 0.717) is 16.8 Å². The van der Waals surface area contributed by atoms with Gasteiger partial charge in [0.25, 0.3) is 5.91 Å². The fraction of sp³-hybridized carbons (Fsp3) is 0.318. The first-order valence-electron chi connectivity index (χ1n) is 9.78. The number of hydrogen-bond donors (Lipinski definition) is 1. The van der Waals surface area contributed by atoms with E-state index in [0.717, 1.165) is 9.87 Å². The van der Waals surface area contributed by atoms with Crippen molar-refractivity contribution in [2.24, 2.45) is 0 Å². The van der Waals surface area contributed by atoms with Crippen molar-refractivity contribution in [3.8, 4) is 0 Å². The Kier molecular flexibility index (Phi) is 6.28. The number of aryl methyl sites for hydroxylation is 1. The second-order valence-corrected chi connectivity index (χ2v) is 9.85. The van der Waals surface area contributed by atoms with Crippen molar-refractivity contribution in [2.75, 3.05) is 19.4 Å². The van der Waals surface area contributed by atoms with E-state index in [1.165, 1.54) is 25.1 Å². The van der Waals surface area contributed by atoms with E-state index >= 15 is 0 Å². The zero-order chi connectivity index (χ0) is 22.9. The van der Waals surface area contributed by atoms with Crippen molar-refractivity contribution in [3.05, 3.63) is 58.7 Å². The third-order valence-corrected chi connectivity index (χ3v) is 7.29. The number of benzene rings is 2. The molecule has 0 atom stereocenters. The Morgan fingerprint density at radius 1 is 1.03 bits per heavy atom. The molecular weight excluding hydrogens is 418 g/mol. The summed E-state index contributed by atoms with van der Waals surface area (Å²) in [5.74, 6) is -0.794. The van der Waals surface area contributed by atoms with E-state index in [1.54, 1.807) is 44.2 Å². The maximum absolute atomic E-state index is 12.8. The number of nitrogens with zero attached hydrogens (tertiary/aromatic N) is 2. The van der Waals surface area contributed by atoms with Crippen LogP contribution < -0.4 is 5.32 Å². The number of sulfonamides is 1. The summed E-state index contributed by atoms with van der Waals surface area (Å²) in [5, 5.41) is 2.76. The molecule has 1 heterocycles. The highest BCUT2D eigenvalue weighted by atomic mass is 32.2. The standard InChI is InChI=1S/C22H25N3O5S/c1-14-11-17(12-19(15(14)2)31(29,30)24(3)4)22(28)23-18-7-5-16(6-8-18)13-25-20(26)9-10-21(25)27/h5-8,11-12H,9-10,13H2,1-4H3,(H,23,28). The summed E-state index contributed by atoms with van der Waals surface area (Å²) in [6.07, 6.45) is 0.489. The topological polar surface area (TPSA) is 104 Å². The molecule has 0 radical (unpaired) electrons. The summed E-state index contributed by atoms with van der Waals surface area (Å²) >= 11 is 0. The van der Waals surface area contributed by atoms with Crippen LogP contribution in [0.15, 0.2) is 41.3 Å². The number of amides is 3. The quantitative estimate of drug-likeness (QED) is 0.691. The summed E-state index contributed by atoms with van der Waals surface area (Å²) < 4.78 is 26.3. The molecule has 3 amide bonds. The second-order valence-electron chi connectivity index (χ2n) is 7.73. The van der Waals surface area contributed by atoms with Gasteiger partial charge >= 0.3 is 0 Å². The molecule has 1 saturated heterocycles. The number of rotatable bonds is 6. The molecule has 2 aromatic carbocycles. The molecule has 0 aliphatic carbocycles. The number of anilines is 1. The SMILES string of the molecule is Cc1cc(C(=O)Nc2ccc(CN3C(=O)CCC3=O)cc2)cc(S(=O)(=O)N(C)C)c1C. The number of carbonyl (C=O) groups is 3. The molecule has 0 spiro atoms. The molecule has 8 nitrogen and oxygen atoms in total. The van der Waals surface area contributed by atoms with E-state index in [2.05, 4.69) is 5.32 Å². The number of likely N-dealkylation sites (tertiary alicyclic amines) is 1. The summed E-state index contributed by atoms with van der Waals surface area (Å²) in [6.45, 7) is 3.67. The normalized spacial score (nSPS) is 14.4. The van der Waals surface area contributed by atoms with Crippen LogP contribution in [0, 0.1) is 13.8 Å². The van der Waals surface area contributed by atoms with E-state index in [1.807, 2.05) is 0 Å². The first kappa shape index (κ1) is 22.6. The van der Waals surface area contributed by atoms with Gasteiger partial charge in [0.05, 0.1) is 11.4 Å². The zero-order valence-corrected chi connectivity index (χ0v) is 18.7. The molecule has 31 heavy (non-hydrogen) atoms. The van der Waals surface area contributed by atoms with Gasteiger partial charge in [-0.25, -0.2) is 12.7 Å². The molecule has 3 rings (SSSR count). The number of nitrogens with one attached hydrogen (secondary N) is 1. The van der Waals surface area contributed by atoms with Gasteiger partial charge < -0.3 is 5.32 Å². The van der Waals surface area contributed by atoms with Gasteiger partial charge in [-0.3, -0.25) is 19.3 Å². The molecule has 9 heteroatoms. The van der Waals surface area contributed by atoms with Crippen LogP contribution in [0.4, 0.5) is 5.69 Å². The Hall–Kier alpha value is -3.04. The van der Waals surface area contributed by atoms with Crippen molar-refractivity contribution in [1.82, 2.24) is 9.21 Å². The smallest absolute Gasteiger partial charge is 0.255 e. The van der Waals surface area contributed by atoms with E-state index < -0.39 is 15.9 Å². The summed E-state index contributed by atoms with van der Waals surface area (Å²) in [7, 11) is -0.799. The van der Waals surface area contributed by atoms with Crippen molar-refractivity contribution < 1.29 is 22.8 Å². The molecule has 1 aliphatic rings. The van der Waals surface area contributed by atoms with E-state index in [-0.39, 0.29) is 41.7 Å². The first-order chi connectivity index (χ1) is 14.5. The predicted octanol–water partition coefficient (Wildman–Crippen LogP) is 2.46. The molecule has 0 saturated carbocycles. The van der Waals surface area contributed by atoms with Gasteiger partial charge in [0.2, 0.25) is 21.8 Å². The number of hydrogen-bond acceptors (Lipinski definition) is 5. The lowest BCUT2D eigenvalue weighted by molar-refractivity contribution is -0.139. The minimum atomic E-state index is -3.69. The number of carbonyl (C=O) groups excluding carboxylic acids is 3. The first-order valence-corrected chi connectivity index (χ1v) is 11.2. The second kappa shape index (κ2) is 8.60. The molecule has 164 valence electrons. The van der Waals surface area contributed by atoms with Gasteiger partial charge in [0, 0.05) is 38.2 Å². The molecule has 1 fully saturated rings. The predicted molar refractivity (Wildman–Crippen MR) is 116 cm³/mol. The largest absolute Gasteiger partial charge is 0.322 e. The van der Waals surface area contributed by atoms with E-state index in [4.69, 9.17) is 0 Å². The van der Waals surface area contributed by atoms with Crippen LogP contribution in [0.1, 0.15) is 39.9 Å². The van der Waals surface area contributed by atoms with Crippen molar-refractivity contribution in [2.45, 2.75) is 38.1 Å². The maximum atomic E-state index is 12.8. The molecule has 1 N–H and O–H groups in total. The minimum Gasteiger partial charge on any atom is -0.322 e. The lowest BCUT2D eigenvalue weighted by Gasteiger charge is -2.17. The highest BCUT2D eigenvalue weighted by Gasteiger charge is 2.28. The average molecular weight is 444 g/mol. The molecule has 0 aromatic heterocycles. The van der Waals surface area contributed by atoms with Crippen LogP contribution in [0.25, 0.3) is 0 Å². The van der Waals surface area contributed by atoms with Crippen molar-refractivity contribution in [3.63, 3.8) is 0 Å². The van der Waals surface area contributed by atoms with Gasteiger partial charge in [-0.1, -0.05) is 12.1 Å². The Labute approximate surface area is 181 Å². The molecule has 0 bridgehead atoms. The lowest BCUT2D eigenvalue weighted by atomic mass is 10.1. The van der Waals surface area contributed by atoms with Gasteiger partial charge in [0.1, 0.15) is 0 Å². The van der Waals surface area contributed by atoms with Crippen LogP contribution in [0.5, 0.6) is 0 Å². The fourth-order valence-corrected chi connectivity index (χ4v) is 4.52. The Morgan fingerprint density at radius 3 is 2.16 bits per heavy atom. The van der Waals surface area contributed by atoms with Crippen LogP contribution in [0.3, 0.4) is 0 Å². The third-order valence-electron chi connectivity index (χ3n) is 5.35. The fourth-order valence-electron chi connectivity index (χ4n) is 3.30. The van der Waals surface area contributed by atoms with Crippen LogP contribution in [-0.4, -0.2) is 49.4 Å². The average Bonchev–Trinajstić information content (AvgIpc) is 3.03. The van der Waals surface area contributed by atoms with Gasteiger partial charge in [-0.15, -0.1) is 0 Å². The Bertz CT molecular complexity index is 1140. The molecule has 0 unspecified atom stereocenters. The molecular formula is C22H25N3O5S. The minimum absolute atomic E-state index is 0.0953. The van der Waals surface area contributed by atoms with E-state index in [9.17, 15) is 22.8 Å². The van der Waals surface area contributed by atoms with Gasteiger partial charge in [-0.05, 0) is 54.8 Å². The van der Waals surface area contributed by atoms with Crippen LogP contribution in [-0.2, 0) is 26.2 Å². The molecule has 1 aliphatic heterocycles.